The molecule has 196 valence electrons. The topological polar surface area (TPSA) is 83.0 Å². The lowest BCUT2D eigenvalue weighted by Crippen LogP contribution is -2.48. The van der Waals surface area contributed by atoms with Crippen molar-refractivity contribution < 1.29 is 17.9 Å². The zero-order valence-electron chi connectivity index (χ0n) is 20.8. The normalized spacial score (nSPS) is 14.8. The first-order chi connectivity index (χ1) is 17.8. The number of hydrogen-bond donors (Lipinski definition) is 0. The number of aromatic nitrogens is 1. The highest BCUT2D eigenvalue weighted by Gasteiger charge is 2.30. The first-order valence-electron chi connectivity index (χ1n) is 12.1. The van der Waals surface area contributed by atoms with Gasteiger partial charge in [-0.05, 0) is 36.9 Å². The van der Waals surface area contributed by atoms with Crippen LogP contribution in [0.5, 0.6) is 0 Å². The van der Waals surface area contributed by atoms with Gasteiger partial charge in [-0.15, -0.1) is 0 Å². The third kappa shape index (κ3) is 7.15. The van der Waals surface area contributed by atoms with Crippen molar-refractivity contribution >= 4 is 44.4 Å². The van der Waals surface area contributed by atoms with Crippen LogP contribution in [0.1, 0.15) is 5.56 Å². The fraction of sp³-hybridized carbons (Fsp3) is 0.333. The molecule has 0 atom stereocenters. The molecule has 10 heteroatoms. The molecule has 0 bridgehead atoms. The Morgan fingerprint density at radius 1 is 1.11 bits per heavy atom. The lowest BCUT2D eigenvalue weighted by molar-refractivity contribution is -0.135. The van der Waals surface area contributed by atoms with Crippen LogP contribution in [0.2, 0.25) is 5.02 Å². The Balaban J connectivity index is 1.50. The average Bonchev–Trinajstić information content (AvgIpc) is 2.92. The van der Waals surface area contributed by atoms with Crippen LogP contribution in [0.4, 0.5) is 0 Å². The first kappa shape index (κ1) is 27.2. The number of carbonyl (C=O) groups is 1. The van der Waals surface area contributed by atoms with Gasteiger partial charge in [-0.25, -0.2) is 8.42 Å². The molecule has 0 N–H and O–H groups in total. The van der Waals surface area contributed by atoms with E-state index in [9.17, 15) is 13.2 Å². The molecule has 0 spiro atoms. The number of morpholine rings is 1. The Morgan fingerprint density at radius 2 is 1.86 bits per heavy atom. The summed E-state index contributed by atoms with van der Waals surface area (Å²) in [6.45, 7) is 2.85. The number of halogens is 1. The summed E-state index contributed by atoms with van der Waals surface area (Å²) < 4.78 is 34.4. The first-order valence-corrected chi connectivity index (χ1v) is 14.0. The summed E-state index contributed by atoms with van der Waals surface area (Å²) in [4.78, 5) is 21.0. The number of fused-ring (bicyclic) bond motifs is 1. The van der Waals surface area contributed by atoms with Crippen molar-refractivity contribution in [2.75, 3.05) is 59.5 Å². The zero-order chi connectivity index (χ0) is 26.3. The van der Waals surface area contributed by atoms with Gasteiger partial charge in [-0.3, -0.25) is 9.78 Å². The van der Waals surface area contributed by atoms with Crippen molar-refractivity contribution in [3.63, 3.8) is 0 Å². The molecule has 3 aromatic rings. The molecule has 1 saturated heterocycles. The van der Waals surface area contributed by atoms with E-state index in [1.807, 2.05) is 54.4 Å². The fourth-order valence-electron chi connectivity index (χ4n) is 4.12. The van der Waals surface area contributed by atoms with Crippen LogP contribution < -0.4 is 0 Å². The van der Waals surface area contributed by atoms with Gasteiger partial charge in [0.2, 0.25) is 15.9 Å². The second-order valence-electron chi connectivity index (χ2n) is 8.90. The van der Waals surface area contributed by atoms with E-state index in [1.54, 1.807) is 35.5 Å². The fourth-order valence-corrected chi connectivity index (χ4v) is 5.84. The summed E-state index contributed by atoms with van der Waals surface area (Å²) in [5.41, 5.74) is 1.03. The third-order valence-corrected chi connectivity index (χ3v) is 8.42. The van der Waals surface area contributed by atoms with Crippen molar-refractivity contribution in [3.05, 3.63) is 77.6 Å². The van der Waals surface area contributed by atoms with E-state index in [-0.39, 0.29) is 23.9 Å². The number of sulfonamides is 1. The SMILES string of the molecule is CN(CC=Cc1ccc(Cl)cc1)CCN(CC(=O)N1CCOCC1)S(=O)(=O)c1cccc2cnccc12. The second-order valence-corrected chi connectivity index (χ2v) is 11.2. The lowest BCUT2D eigenvalue weighted by Gasteiger charge is -2.30. The highest BCUT2D eigenvalue weighted by Crippen LogP contribution is 2.25. The third-order valence-electron chi connectivity index (χ3n) is 6.26. The van der Waals surface area contributed by atoms with Gasteiger partial charge >= 0.3 is 0 Å². The molecule has 4 rings (SSSR count). The largest absolute Gasteiger partial charge is 0.378 e. The number of nitrogens with zero attached hydrogens (tertiary/aromatic N) is 4. The number of likely N-dealkylation sites (N-methyl/N-ethyl adjacent to an activating group) is 1. The zero-order valence-corrected chi connectivity index (χ0v) is 22.4. The number of amides is 1. The maximum absolute atomic E-state index is 13.9. The average molecular weight is 543 g/mol. The van der Waals surface area contributed by atoms with Gasteiger partial charge in [-0.1, -0.05) is 48.0 Å². The molecule has 8 nitrogen and oxygen atoms in total. The smallest absolute Gasteiger partial charge is 0.244 e. The number of rotatable bonds is 10. The Bertz CT molecular complexity index is 1340. The van der Waals surface area contributed by atoms with Crippen molar-refractivity contribution in [3.8, 4) is 0 Å². The molecule has 1 fully saturated rings. The van der Waals surface area contributed by atoms with Gasteiger partial charge in [0.1, 0.15) is 0 Å². The van der Waals surface area contributed by atoms with E-state index in [2.05, 4.69) is 4.98 Å². The Hall–Kier alpha value is -2.82. The highest BCUT2D eigenvalue weighted by atomic mass is 35.5. The van der Waals surface area contributed by atoms with Crippen LogP contribution in [0.3, 0.4) is 0 Å². The summed E-state index contributed by atoms with van der Waals surface area (Å²) in [5, 5.41) is 2.00. The van der Waals surface area contributed by atoms with Crippen LogP contribution in [0.25, 0.3) is 16.8 Å². The van der Waals surface area contributed by atoms with Crippen LogP contribution in [0.15, 0.2) is 71.9 Å². The Kier molecular flexibility index (Phi) is 9.28. The number of carbonyl (C=O) groups excluding carboxylic acids is 1. The highest BCUT2D eigenvalue weighted by molar-refractivity contribution is 7.89. The monoisotopic (exact) mass is 542 g/mol. The van der Waals surface area contributed by atoms with E-state index < -0.39 is 10.0 Å². The Labute approximate surface area is 223 Å². The molecule has 2 aromatic carbocycles. The van der Waals surface area contributed by atoms with Crippen LogP contribution in [-0.4, -0.2) is 92.9 Å². The quantitative estimate of drug-likeness (QED) is 0.390. The predicted octanol–water partition coefficient (Wildman–Crippen LogP) is 3.38. The van der Waals surface area contributed by atoms with Gasteiger partial charge < -0.3 is 14.5 Å². The van der Waals surface area contributed by atoms with E-state index in [1.165, 1.54) is 4.31 Å². The molecule has 2 heterocycles. The standard InChI is InChI=1S/C27H31ClN4O4S/c1-30(13-3-4-22-7-9-24(28)10-8-22)14-15-32(21-27(33)31-16-18-36-19-17-31)37(34,35)26-6-2-5-23-20-29-12-11-25(23)26/h2-12,20H,13-19,21H2,1H3. The van der Waals surface area contributed by atoms with E-state index in [0.29, 0.717) is 49.8 Å². The van der Waals surface area contributed by atoms with Gasteiger partial charge in [-0.2, -0.15) is 4.31 Å². The molecular formula is C27H31ClN4O4S. The maximum atomic E-state index is 13.9. The van der Waals surface area contributed by atoms with E-state index >= 15 is 0 Å². The molecule has 0 saturated carbocycles. The van der Waals surface area contributed by atoms with Gasteiger partial charge in [0, 0.05) is 60.9 Å². The van der Waals surface area contributed by atoms with Gasteiger partial charge in [0.15, 0.2) is 0 Å². The van der Waals surface area contributed by atoms with Crippen molar-refractivity contribution in [1.29, 1.82) is 0 Å². The number of ether oxygens (including phenoxy) is 1. The van der Waals surface area contributed by atoms with Crippen molar-refractivity contribution in [2.45, 2.75) is 4.90 Å². The molecule has 1 amide bonds. The van der Waals surface area contributed by atoms with Crippen LogP contribution in [-0.2, 0) is 19.6 Å². The summed E-state index contributed by atoms with van der Waals surface area (Å²) in [6, 6.07) is 14.3. The number of pyridine rings is 1. The van der Waals surface area contributed by atoms with Gasteiger partial charge in [0.05, 0.1) is 24.7 Å². The second kappa shape index (κ2) is 12.6. The maximum Gasteiger partial charge on any atom is 0.244 e. The summed E-state index contributed by atoms with van der Waals surface area (Å²) in [5.74, 6) is -0.223. The lowest BCUT2D eigenvalue weighted by atomic mass is 10.2. The predicted molar refractivity (Wildman–Crippen MR) is 146 cm³/mol. The van der Waals surface area contributed by atoms with Gasteiger partial charge in [0.25, 0.3) is 0 Å². The molecule has 1 aromatic heterocycles. The van der Waals surface area contributed by atoms with E-state index in [4.69, 9.17) is 16.3 Å². The van der Waals surface area contributed by atoms with Crippen LogP contribution in [0, 0.1) is 0 Å². The minimum absolute atomic E-state index is 0.172. The van der Waals surface area contributed by atoms with Crippen LogP contribution >= 0.6 is 11.6 Å². The molecule has 0 unspecified atom stereocenters. The van der Waals surface area contributed by atoms with E-state index in [0.717, 1.165) is 10.9 Å². The minimum Gasteiger partial charge on any atom is -0.378 e. The molecule has 37 heavy (non-hydrogen) atoms. The number of benzene rings is 2. The molecular weight excluding hydrogens is 512 g/mol. The molecule has 0 radical (unpaired) electrons. The molecule has 1 aliphatic heterocycles. The molecule has 1 aliphatic rings. The molecule has 0 aliphatic carbocycles. The van der Waals surface area contributed by atoms with Crippen molar-refractivity contribution in [1.82, 2.24) is 19.1 Å². The minimum atomic E-state index is -3.96. The van der Waals surface area contributed by atoms with Crippen molar-refractivity contribution in [2.24, 2.45) is 0 Å². The summed E-state index contributed by atoms with van der Waals surface area (Å²) in [6.07, 6.45) is 7.22. The summed E-state index contributed by atoms with van der Waals surface area (Å²) >= 11 is 5.94. The number of hydrogen-bond acceptors (Lipinski definition) is 6. The summed E-state index contributed by atoms with van der Waals surface area (Å²) in [7, 11) is -2.03. The Morgan fingerprint density at radius 3 is 2.62 bits per heavy atom.